The number of carbonyl (C=O) groups is 1. The van der Waals surface area contributed by atoms with Crippen molar-refractivity contribution in [3.8, 4) is 0 Å². The van der Waals surface area contributed by atoms with Gasteiger partial charge in [0.15, 0.2) is 0 Å². The number of amides is 1. The summed E-state index contributed by atoms with van der Waals surface area (Å²) in [6.07, 6.45) is 1.58. The molecule has 0 saturated carbocycles. The normalized spacial score (nSPS) is 25.0. The van der Waals surface area contributed by atoms with Gasteiger partial charge in [0.2, 0.25) is 5.91 Å². The van der Waals surface area contributed by atoms with Gasteiger partial charge in [0.25, 0.3) is 0 Å². The number of likely N-dealkylation sites (tertiary alicyclic amines) is 1. The Morgan fingerprint density at radius 1 is 1.23 bits per heavy atom. The Morgan fingerprint density at radius 2 is 1.86 bits per heavy atom. The fourth-order valence-electron chi connectivity index (χ4n) is 4.03. The number of halogens is 1. The van der Waals surface area contributed by atoms with Gasteiger partial charge in [-0.1, -0.05) is 18.2 Å². The van der Waals surface area contributed by atoms with Gasteiger partial charge in [-0.05, 0) is 58.3 Å². The first-order valence-corrected chi connectivity index (χ1v) is 8.13. The van der Waals surface area contributed by atoms with E-state index >= 15 is 0 Å². The van der Waals surface area contributed by atoms with Gasteiger partial charge < -0.3 is 10.2 Å². The Hall–Kier alpha value is -1.42. The number of piperidine rings is 1. The van der Waals surface area contributed by atoms with Gasteiger partial charge in [0.05, 0.1) is 5.41 Å². The van der Waals surface area contributed by atoms with Crippen LogP contribution in [0.5, 0.6) is 0 Å². The van der Waals surface area contributed by atoms with Gasteiger partial charge in [-0.3, -0.25) is 4.79 Å². The van der Waals surface area contributed by atoms with Crippen LogP contribution in [0.4, 0.5) is 4.39 Å². The minimum absolute atomic E-state index is 0.0532. The highest BCUT2D eigenvalue weighted by atomic mass is 19.1. The topological polar surface area (TPSA) is 32.3 Å². The molecule has 1 atom stereocenters. The van der Waals surface area contributed by atoms with Crippen molar-refractivity contribution in [3.05, 3.63) is 35.6 Å². The third-order valence-electron chi connectivity index (χ3n) is 5.29. The number of hydrogen-bond donors (Lipinski definition) is 1. The van der Waals surface area contributed by atoms with Crippen LogP contribution in [0.15, 0.2) is 24.3 Å². The zero-order chi connectivity index (χ0) is 16.0. The van der Waals surface area contributed by atoms with Crippen molar-refractivity contribution in [1.82, 2.24) is 10.2 Å². The van der Waals surface area contributed by atoms with E-state index in [1.165, 1.54) is 6.07 Å². The molecule has 1 N–H and O–H groups in total. The lowest BCUT2D eigenvalue weighted by Crippen LogP contribution is -2.48. The molecule has 1 spiro atoms. The summed E-state index contributed by atoms with van der Waals surface area (Å²) in [5, 5.41) is 3.33. The number of nitrogens with zero attached hydrogens (tertiary/aromatic N) is 1. The molecule has 0 radical (unpaired) electrons. The van der Waals surface area contributed by atoms with Crippen molar-refractivity contribution in [2.45, 2.75) is 45.1 Å². The SMILES string of the molecule is CC(C)(C)N1CC(c2ccccc2F)C2(CCNCC2)C1=O. The summed E-state index contributed by atoms with van der Waals surface area (Å²) in [5.41, 5.74) is 0.0277. The summed E-state index contributed by atoms with van der Waals surface area (Å²) in [7, 11) is 0. The van der Waals surface area contributed by atoms with Crippen LogP contribution in [-0.2, 0) is 4.79 Å². The van der Waals surface area contributed by atoms with E-state index in [0.717, 1.165) is 25.9 Å². The molecule has 2 aliphatic rings. The standard InChI is InChI=1S/C18H25FN2O/c1-17(2,3)21-12-14(13-6-4-5-7-15(13)19)18(16(21)22)8-10-20-11-9-18/h4-7,14,20H,8-12H2,1-3H3. The van der Waals surface area contributed by atoms with Crippen LogP contribution < -0.4 is 5.32 Å². The molecule has 4 heteroatoms. The lowest BCUT2D eigenvalue weighted by atomic mass is 9.68. The van der Waals surface area contributed by atoms with Gasteiger partial charge in [0, 0.05) is 18.0 Å². The molecule has 0 bridgehead atoms. The highest BCUT2D eigenvalue weighted by Gasteiger charge is 2.56. The predicted molar refractivity (Wildman–Crippen MR) is 85.1 cm³/mol. The smallest absolute Gasteiger partial charge is 0.230 e. The van der Waals surface area contributed by atoms with Crippen molar-refractivity contribution in [1.29, 1.82) is 0 Å². The van der Waals surface area contributed by atoms with Crippen LogP contribution in [0.3, 0.4) is 0 Å². The molecule has 3 rings (SSSR count). The average Bonchev–Trinajstić information content (AvgIpc) is 2.74. The predicted octanol–water partition coefficient (Wildman–Crippen LogP) is 2.92. The highest BCUT2D eigenvalue weighted by Crippen LogP contribution is 2.51. The Kier molecular flexibility index (Phi) is 3.76. The molecule has 2 heterocycles. The second kappa shape index (κ2) is 5.34. The maximum absolute atomic E-state index is 14.4. The summed E-state index contributed by atoms with van der Waals surface area (Å²) < 4.78 is 14.4. The number of benzene rings is 1. The minimum Gasteiger partial charge on any atom is -0.337 e. The fourth-order valence-corrected chi connectivity index (χ4v) is 4.03. The molecule has 1 aromatic carbocycles. The molecule has 3 nitrogen and oxygen atoms in total. The summed E-state index contributed by atoms with van der Waals surface area (Å²) in [4.78, 5) is 15.2. The Morgan fingerprint density at radius 3 is 2.45 bits per heavy atom. The van der Waals surface area contributed by atoms with Gasteiger partial charge in [-0.2, -0.15) is 0 Å². The van der Waals surface area contributed by atoms with Crippen LogP contribution >= 0.6 is 0 Å². The Balaban J connectivity index is 2.06. The summed E-state index contributed by atoms with van der Waals surface area (Å²) in [5.74, 6) is -0.0359. The molecule has 0 aliphatic carbocycles. The first-order chi connectivity index (χ1) is 10.4. The maximum Gasteiger partial charge on any atom is 0.230 e. The van der Waals surface area contributed by atoms with Crippen molar-refractivity contribution in [2.24, 2.45) is 5.41 Å². The minimum atomic E-state index is -0.444. The van der Waals surface area contributed by atoms with Crippen molar-refractivity contribution in [3.63, 3.8) is 0 Å². The van der Waals surface area contributed by atoms with Gasteiger partial charge in [-0.25, -0.2) is 4.39 Å². The number of rotatable bonds is 1. The molecular weight excluding hydrogens is 279 g/mol. The number of nitrogens with one attached hydrogen (secondary N) is 1. The van der Waals surface area contributed by atoms with Crippen LogP contribution in [0.2, 0.25) is 0 Å². The zero-order valence-electron chi connectivity index (χ0n) is 13.7. The maximum atomic E-state index is 14.4. The van der Waals surface area contributed by atoms with Gasteiger partial charge in [-0.15, -0.1) is 0 Å². The first kappa shape index (κ1) is 15.5. The molecule has 0 aromatic heterocycles. The quantitative estimate of drug-likeness (QED) is 0.865. The molecule has 120 valence electrons. The van der Waals surface area contributed by atoms with Crippen LogP contribution in [0.1, 0.15) is 45.1 Å². The van der Waals surface area contributed by atoms with Gasteiger partial charge in [0.1, 0.15) is 5.82 Å². The average molecular weight is 304 g/mol. The van der Waals surface area contributed by atoms with Crippen LogP contribution in [0, 0.1) is 11.2 Å². The fraction of sp³-hybridized carbons (Fsp3) is 0.611. The lowest BCUT2D eigenvalue weighted by Gasteiger charge is -2.38. The monoisotopic (exact) mass is 304 g/mol. The molecule has 1 amide bonds. The second-order valence-electron chi connectivity index (χ2n) is 7.57. The highest BCUT2D eigenvalue weighted by molar-refractivity contribution is 5.87. The summed E-state index contributed by atoms with van der Waals surface area (Å²) in [6.45, 7) is 8.45. The molecule has 2 fully saturated rings. The molecule has 2 aliphatic heterocycles. The third kappa shape index (κ3) is 2.34. The molecule has 2 saturated heterocycles. The molecular formula is C18H25FN2O. The second-order valence-corrected chi connectivity index (χ2v) is 7.57. The third-order valence-corrected chi connectivity index (χ3v) is 5.29. The summed E-state index contributed by atoms with van der Waals surface area (Å²) >= 11 is 0. The van der Waals surface area contributed by atoms with E-state index in [4.69, 9.17) is 0 Å². The first-order valence-electron chi connectivity index (χ1n) is 8.13. The molecule has 1 aromatic rings. The van der Waals surface area contributed by atoms with Crippen LogP contribution in [0.25, 0.3) is 0 Å². The molecule has 1 unspecified atom stereocenters. The van der Waals surface area contributed by atoms with Crippen molar-refractivity contribution in [2.75, 3.05) is 19.6 Å². The summed E-state index contributed by atoms with van der Waals surface area (Å²) in [6, 6.07) is 6.95. The lowest BCUT2D eigenvalue weighted by molar-refractivity contribution is -0.141. The van der Waals surface area contributed by atoms with Crippen LogP contribution in [-0.4, -0.2) is 36.0 Å². The van der Waals surface area contributed by atoms with Gasteiger partial charge >= 0.3 is 0 Å². The van der Waals surface area contributed by atoms with E-state index in [0.29, 0.717) is 12.1 Å². The molecule has 22 heavy (non-hydrogen) atoms. The zero-order valence-corrected chi connectivity index (χ0v) is 13.7. The van der Waals surface area contributed by atoms with E-state index < -0.39 is 5.41 Å². The number of carbonyl (C=O) groups excluding carboxylic acids is 1. The largest absolute Gasteiger partial charge is 0.337 e. The van der Waals surface area contributed by atoms with E-state index in [-0.39, 0.29) is 23.2 Å². The number of hydrogen-bond acceptors (Lipinski definition) is 2. The Bertz CT molecular complexity index is 573. The van der Waals surface area contributed by atoms with Crippen molar-refractivity contribution >= 4 is 5.91 Å². The Labute approximate surface area is 131 Å². The van der Waals surface area contributed by atoms with E-state index in [2.05, 4.69) is 26.1 Å². The van der Waals surface area contributed by atoms with E-state index in [1.807, 2.05) is 17.0 Å². The van der Waals surface area contributed by atoms with Crippen molar-refractivity contribution < 1.29 is 9.18 Å². The van der Waals surface area contributed by atoms with E-state index in [9.17, 15) is 9.18 Å². The van der Waals surface area contributed by atoms with E-state index in [1.54, 1.807) is 6.07 Å².